The Balaban J connectivity index is 2.01. The Bertz CT molecular complexity index is 899. The molecule has 1 aliphatic rings. The minimum atomic E-state index is -0.847. The molecule has 0 spiro atoms. The normalized spacial score (nSPS) is 16.0. The minimum absolute atomic E-state index is 0.0435. The second kappa shape index (κ2) is 9.02. The third-order valence-electron chi connectivity index (χ3n) is 5.68. The molecular weight excluding hydrogens is 378 g/mol. The molecule has 1 N–H and O–H groups in total. The summed E-state index contributed by atoms with van der Waals surface area (Å²) in [6.07, 6.45) is 5.62. The van der Waals surface area contributed by atoms with Gasteiger partial charge in [0.05, 0.1) is 18.7 Å². The average molecular weight is 412 g/mol. The van der Waals surface area contributed by atoms with E-state index in [0.29, 0.717) is 23.8 Å². The maximum Gasteiger partial charge on any atom is 0.307 e. The van der Waals surface area contributed by atoms with Crippen LogP contribution in [0.15, 0.2) is 24.5 Å². The van der Waals surface area contributed by atoms with Crippen LogP contribution in [-0.2, 0) is 11.2 Å². The second-order valence-electron chi connectivity index (χ2n) is 9.40. The van der Waals surface area contributed by atoms with Crippen LogP contribution in [0.2, 0.25) is 0 Å². The average Bonchev–Trinajstić information content (AvgIpc) is 2.66. The molecule has 0 unspecified atom stereocenters. The minimum Gasteiger partial charge on any atom is -0.481 e. The number of carboxylic acid groups (broad SMARTS) is 1. The number of rotatable bonds is 7. The largest absolute Gasteiger partial charge is 0.481 e. The number of aryl methyl sites for hydroxylation is 1. The Kier molecular flexibility index (Phi) is 6.64. The lowest BCUT2D eigenvalue weighted by atomic mass is 9.82. The number of piperidine rings is 1. The van der Waals surface area contributed by atoms with Gasteiger partial charge < -0.3 is 14.7 Å². The lowest BCUT2D eigenvalue weighted by Crippen LogP contribution is -2.38. The molecule has 0 saturated carbocycles. The van der Waals surface area contributed by atoms with Crippen molar-refractivity contribution in [2.24, 2.45) is 11.3 Å². The van der Waals surface area contributed by atoms with Crippen LogP contribution >= 0.6 is 0 Å². The van der Waals surface area contributed by atoms with Crippen LogP contribution in [0.25, 0.3) is 11.1 Å². The van der Waals surface area contributed by atoms with E-state index in [-0.39, 0.29) is 6.42 Å². The van der Waals surface area contributed by atoms with Gasteiger partial charge in [0.2, 0.25) is 5.88 Å². The van der Waals surface area contributed by atoms with E-state index >= 15 is 0 Å². The number of aliphatic carboxylic acids is 1. The number of nitrogens with zero attached hydrogens (tertiary/aromatic N) is 3. The van der Waals surface area contributed by atoms with Crippen molar-refractivity contribution in [1.29, 1.82) is 0 Å². The highest BCUT2D eigenvalue weighted by molar-refractivity contribution is 5.84. The topological polar surface area (TPSA) is 75.5 Å². The van der Waals surface area contributed by atoms with Gasteiger partial charge in [-0.05, 0) is 37.2 Å². The van der Waals surface area contributed by atoms with Crippen molar-refractivity contribution >= 4 is 11.7 Å². The molecule has 0 aliphatic carbocycles. The molecule has 0 aromatic carbocycles. The highest BCUT2D eigenvalue weighted by Crippen LogP contribution is 2.39. The van der Waals surface area contributed by atoms with Gasteiger partial charge in [-0.3, -0.25) is 9.78 Å². The van der Waals surface area contributed by atoms with Gasteiger partial charge >= 0.3 is 5.97 Å². The molecule has 0 atom stereocenters. The summed E-state index contributed by atoms with van der Waals surface area (Å²) < 4.78 is 5.77. The number of carboxylic acids is 1. The second-order valence-corrected chi connectivity index (χ2v) is 9.40. The summed E-state index contributed by atoms with van der Waals surface area (Å²) in [5.41, 5.74) is 4.79. The molecule has 0 radical (unpaired) electrons. The lowest BCUT2D eigenvalue weighted by Gasteiger charge is -2.39. The van der Waals surface area contributed by atoms with Crippen molar-refractivity contribution in [1.82, 2.24) is 9.97 Å². The first kappa shape index (κ1) is 22.1. The Morgan fingerprint density at radius 2 is 1.90 bits per heavy atom. The highest BCUT2D eigenvalue weighted by Gasteiger charge is 2.29. The first-order valence-corrected chi connectivity index (χ1v) is 10.7. The van der Waals surface area contributed by atoms with E-state index in [1.807, 2.05) is 25.3 Å². The predicted octanol–water partition coefficient (Wildman–Crippen LogP) is 4.74. The smallest absolute Gasteiger partial charge is 0.307 e. The van der Waals surface area contributed by atoms with Gasteiger partial charge in [-0.25, -0.2) is 4.98 Å². The molecule has 30 heavy (non-hydrogen) atoms. The van der Waals surface area contributed by atoms with Gasteiger partial charge in [0.15, 0.2) is 0 Å². The lowest BCUT2D eigenvalue weighted by molar-refractivity contribution is -0.136. The molecule has 3 rings (SSSR count). The van der Waals surface area contributed by atoms with Gasteiger partial charge in [0.1, 0.15) is 0 Å². The molecule has 6 heteroatoms. The summed E-state index contributed by atoms with van der Waals surface area (Å²) in [5.74, 6) is 0.194. The predicted molar refractivity (Wildman–Crippen MR) is 119 cm³/mol. The number of pyridine rings is 2. The molecule has 1 aliphatic heterocycles. The summed E-state index contributed by atoms with van der Waals surface area (Å²) in [6, 6.07) is 3.90. The van der Waals surface area contributed by atoms with Crippen LogP contribution in [0.3, 0.4) is 0 Å². The number of carbonyl (C=O) groups is 1. The monoisotopic (exact) mass is 411 g/mol. The first-order chi connectivity index (χ1) is 14.2. The molecule has 162 valence electrons. The Morgan fingerprint density at radius 1 is 1.20 bits per heavy atom. The Morgan fingerprint density at radius 3 is 2.50 bits per heavy atom. The van der Waals surface area contributed by atoms with E-state index in [0.717, 1.165) is 54.0 Å². The number of aromatic nitrogens is 2. The fourth-order valence-corrected chi connectivity index (χ4v) is 3.85. The number of hydrogen-bond donors (Lipinski definition) is 1. The molecule has 0 amide bonds. The van der Waals surface area contributed by atoms with Gasteiger partial charge in [0, 0.05) is 53.9 Å². The van der Waals surface area contributed by atoms with Crippen LogP contribution in [0.5, 0.6) is 5.88 Å². The molecule has 2 aromatic heterocycles. The fraction of sp³-hybridized carbons (Fsp3) is 0.542. The van der Waals surface area contributed by atoms with Gasteiger partial charge in [-0.15, -0.1) is 0 Å². The van der Waals surface area contributed by atoms with Gasteiger partial charge in [-0.1, -0.05) is 27.7 Å². The Labute approximate surface area is 179 Å². The van der Waals surface area contributed by atoms with Crippen LogP contribution in [0, 0.1) is 18.3 Å². The van der Waals surface area contributed by atoms with Crippen molar-refractivity contribution in [3.05, 3.63) is 35.8 Å². The zero-order valence-corrected chi connectivity index (χ0v) is 18.7. The first-order valence-electron chi connectivity index (χ1n) is 10.7. The quantitative estimate of drug-likeness (QED) is 0.709. The SMILES string of the molecule is Cc1nc(OCC(C)C)ccc1-c1cncc(CC(=O)O)c1N1CCC(C)(C)CC1. The standard InChI is InChI=1S/C24H33N3O3/c1-16(2)15-30-21-7-6-19(17(3)26-21)20-14-25-13-18(12-22(28)29)23(20)27-10-8-24(4,5)9-11-27/h6-7,13-14,16H,8-12,15H2,1-5H3,(H,28,29). The van der Waals surface area contributed by atoms with E-state index in [1.54, 1.807) is 6.20 Å². The summed E-state index contributed by atoms with van der Waals surface area (Å²) in [7, 11) is 0. The Hall–Kier alpha value is -2.63. The maximum absolute atomic E-state index is 11.5. The third-order valence-corrected chi connectivity index (χ3v) is 5.68. The van der Waals surface area contributed by atoms with Crippen LogP contribution in [0.4, 0.5) is 5.69 Å². The number of anilines is 1. The summed E-state index contributed by atoms with van der Waals surface area (Å²) in [5, 5.41) is 9.45. The van der Waals surface area contributed by atoms with E-state index in [1.165, 1.54) is 0 Å². The van der Waals surface area contributed by atoms with Crippen molar-refractivity contribution in [2.75, 3.05) is 24.6 Å². The molecule has 2 aromatic rings. The number of ether oxygens (including phenoxy) is 1. The maximum atomic E-state index is 11.5. The molecule has 1 saturated heterocycles. The molecular formula is C24H33N3O3. The van der Waals surface area contributed by atoms with Crippen molar-refractivity contribution in [2.45, 2.75) is 53.9 Å². The molecule has 1 fully saturated rings. The zero-order valence-electron chi connectivity index (χ0n) is 18.7. The van der Waals surface area contributed by atoms with Crippen LogP contribution in [0.1, 0.15) is 51.8 Å². The van der Waals surface area contributed by atoms with Crippen molar-refractivity contribution < 1.29 is 14.6 Å². The van der Waals surface area contributed by atoms with Gasteiger partial charge in [-0.2, -0.15) is 0 Å². The van der Waals surface area contributed by atoms with Crippen LogP contribution < -0.4 is 9.64 Å². The van der Waals surface area contributed by atoms with E-state index in [2.05, 4.69) is 42.6 Å². The van der Waals surface area contributed by atoms with E-state index in [4.69, 9.17) is 4.74 Å². The molecule has 3 heterocycles. The molecule has 0 bridgehead atoms. The number of hydrogen-bond acceptors (Lipinski definition) is 5. The summed E-state index contributed by atoms with van der Waals surface area (Å²) in [4.78, 5) is 22.8. The fourth-order valence-electron chi connectivity index (χ4n) is 3.85. The van der Waals surface area contributed by atoms with Crippen molar-refractivity contribution in [3.8, 4) is 17.0 Å². The molecule has 6 nitrogen and oxygen atoms in total. The highest BCUT2D eigenvalue weighted by atomic mass is 16.5. The zero-order chi connectivity index (χ0) is 21.9. The third kappa shape index (κ3) is 5.29. The summed E-state index contributed by atoms with van der Waals surface area (Å²) >= 11 is 0. The van der Waals surface area contributed by atoms with E-state index < -0.39 is 5.97 Å². The van der Waals surface area contributed by atoms with E-state index in [9.17, 15) is 9.90 Å². The van der Waals surface area contributed by atoms with Gasteiger partial charge in [0.25, 0.3) is 0 Å². The summed E-state index contributed by atoms with van der Waals surface area (Å²) in [6.45, 7) is 13.2. The van der Waals surface area contributed by atoms with Crippen molar-refractivity contribution in [3.63, 3.8) is 0 Å². The van der Waals surface area contributed by atoms with Crippen LogP contribution in [-0.4, -0.2) is 40.7 Å².